The number of Topliss-reactive ketones (excluding diaryl/α,β-unsaturated/α-hetero) is 1. The first-order valence-corrected chi connectivity index (χ1v) is 10.6. The third-order valence-electron chi connectivity index (χ3n) is 4.60. The first kappa shape index (κ1) is 25.9. The van der Waals surface area contributed by atoms with Crippen LogP contribution >= 0.6 is 0 Å². The highest BCUT2D eigenvalue weighted by atomic mass is 16.3. The van der Waals surface area contributed by atoms with Gasteiger partial charge in [0.15, 0.2) is 11.5 Å². The topological polar surface area (TPSA) is 132 Å². The minimum atomic E-state index is -1.18. The second kappa shape index (κ2) is 13.9. The largest absolute Gasteiger partial charge is 0.451 e. The summed E-state index contributed by atoms with van der Waals surface area (Å²) >= 11 is 0. The Bertz CT molecular complexity index is 1030. The molecule has 0 saturated carbocycles. The number of benzene rings is 1. The van der Waals surface area contributed by atoms with E-state index < -0.39 is 30.4 Å². The van der Waals surface area contributed by atoms with Crippen molar-refractivity contribution in [2.75, 3.05) is 19.8 Å². The van der Waals surface area contributed by atoms with E-state index in [0.29, 0.717) is 17.9 Å². The number of carbonyl (C=O) groups excluding carboxylic acids is 2. The third-order valence-corrected chi connectivity index (χ3v) is 4.60. The molecule has 1 aromatic heterocycles. The van der Waals surface area contributed by atoms with Crippen LogP contribution in [0.2, 0.25) is 0 Å². The second-order valence-corrected chi connectivity index (χ2v) is 7.27. The van der Waals surface area contributed by atoms with E-state index in [-0.39, 0.29) is 12.2 Å². The summed E-state index contributed by atoms with van der Waals surface area (Å²) < 4.78 is 5.60. The number of rotatable bonds is 11. The van der Waals surface area contributed by atoms with Crippen molar-refractivity contribution in [3.63, 3.8) is 0 Å². The predicted octanol–water partition coefficient (Wildman–Crippen LogP) is 0.585. The average Bonchev–Trinajstić information content (AvgIpc) is 3.27. The van der Waals surface area contributed by atoms with Crippen molar-refractivity contribution >= 4 is 11.7 Å². The molecule has 0 aliphatic heterocycles. The van der Waals surface area contributed by atoms with Gasteiger partial charge in [-0.15, -0.1) is 0 Å². The molecule has 1 heterocycles. The lowest BCUT2D eigenvalue weighted by Crippen LogP contribution is -2.48. The van der Waals surface area contributed by atoms with E-state index >= 15 is 0 Å². The summed E-state index contributed by atoms with van der Waals surface area (Å²) in [6.45, 7) is 2.17. The van der Waals surface area contributed by atoms with Gasteiger partial charge >= 0.3 is 0 Å². The van der Waals surface area contributed by atoms with Crippen LogP contribution in [0, 0.1) is 23.7 Å². The van der Waals surface area contributed by atoms with Crippen LogP contribution in [0.1, 0.15) is 47.2 Å². The van der Waals surface area contributed by atoms with Gasteiger partial charge in [0.25, 0.3) is 5.91 Å². The molecule has 0 spiro atoms. The first-order valence-electron chi connectivity index (χ1n) is 10.6. The summed E-state index contributed by atoms with van der Waals surface area (Å²) in [6, 6.07) is 8.81. The van der Waals surface area contributed by atoms with Gasteiger partial charge in [-0.2, -0.15) is 0 Å². The minimum Gasteiger partial charge on any atom is -0.451 e. The normalized spacial score (nSPS) is 12.0. The lowest BCUT2D eigenvalue weighted by molar-refractivity contribution is -0.125. The van der Waals surface area contributed by atoms with Crippen molar-refractivity contribution in [3.8, 4) is 23.7 Å². The van der Waals surface area contributed by atoms with Crippen LogP contribution in [0.25, 0.3) is 0 Å². The number of aliphatic hydroxyl groups excluding tert-OH is 3. The Morgan fingerprint density at radius 3 is 2.42 bits per heavy atom. The maximum Gasteiger partial charge on any atom is 0.251 e. The molecular formula is C25H28N2O6. The van der Waals surface area contributed by atoms with Gasteiger partial charge in [0.2, 0.25) is 0 Å². The number of hydrogen-bond donors (Lipinski definition) is 5. The quantitative estimate of drug-likeness (QED) is 0.249. The molecule has 5 N–H and O–H groups in total. The summed E-state index contributed by atoms with van der Waals surface area (Å²) in [5.74, 6) is 11.2. The first-order chi connectivity index (χ1) is 15.9. The fraction of sp³-hybridized carbons (Fsp3) is 0.360. The molecule has 0 aliphatic carbocycles. The Balaban J connectivity index is 1.89. The molecular weight excluding hydrogens is 424 g/mol. The van der Waals surface area contributed by atoms with Gasteiger partial charge in [0.05, 0.1) is 12.6 Å². The zero-order valence-electron chi connectivity index (χ0n) is 18.4. The average molecular weight is 453 g/mol. The van der Waals surface area contributed by atoms with Gasteiger partial charge in [-0.1, -0.05) is 5.92 Å². The molecule has 8 nitrogen and oxygen atoms in total. The summed E-state index contributed by atoms with van der Waals surface area (Å²) in [5.41, 5.74) is 0.933. The Morgan fingerprint density at radius 1 is 1.03 bits per heavy atom. The van der Waals surface area contributed by atoms with E-state index in [9.17, 15) is 14.7 Å². The second-order valence-electron chi connectivity index (χ2n) is 7.27. The molecule has 33 heavy (non-hydrogen) atoms. The summed E-state index contributed by atoms with van der Waals surface area (Å²) in [5, 5.41) is 33.0. The van der Waals surface area contributed by atoms with Crippen molar-refractivity contribution in [3.05, 3.63) is 59.0 Å². The number of hydrogen-bond acceptors (Lipinski definition) is 7. The fourth-order valence-corrected chi connectivity index (χ4v) is 2.81. The highest BCUT2D eigenvalue weighted by Crippen LogP contribution is 2.07. The van der Waals surface area contributed by atoms with E-state index in [1.54, 1.807) is 30.3 Å². The molecule has 0 saturated heterocycles. The fourth-order valence-electron chi connectivity index (χ4n) is 2.81. The van der Waals surface area contributed by atoms with Gasteiger partial charge in [0.1, 0.15) is 18.4 Å². The molecule has 1 aromatic carbocycles. The van der Waals surface area contributed by atoms with Crippen LogP contribution in [-0.4, -0.2) is 58.9 Å². The Morgan fingerprint density at radius 2 is 1.76 bits per heavy atom. The van der Waals surface area contributed by atoms with E-state index in [2.05, 4.69) is 34.3 Å². The number of aliphatic hydroxyl groups is 3. The van der Waals surface area contributed by atoms with Crippen LogP contribution in [0.5, 0.6) is 0 Å². The number of furan rings is 1. The molecule has 0 bridgehead atoms. The van der Waals surface area contributed by atoms with Crippen LogP contribution in [-0.2, 0) is 11.3 Å². The smallest absolute Gasteiger partial charge is 0.251 e. The Kier molecular flexibility index (Phi) is 10.9. The molecule has 174 valence electrons. The number of unbranched alkanes of at least 4 members (excludes halogenated alkanes) is 1. The van der Waals surface area contributed by atoms with Crippen LogP contribution in [0.3, 0.4) is 0 Å². The summed E-state index contributed by atoms with van der Waals surface area (Å²) in [4.78, 5) is 23.9. The minimum absolute atomic E-state index is 0.195. The van der Waals surface area contributed by atoms with E-state index in [4.69, 9.17) is 14.6 Å². The molecule has 0 unspecified atom stereocenters. The third kappa shape index (κ3) is 8.93. The van der Waals surface area contributed by atoms with E-state index in [1.807, 2.05) is 6.07 Å². The molecule has 0 fully saturated rings. The maximum atomic E-state index is 12.3. The van der Waals surface area contributed by atoms with Crippen molar-refractivity contribution < 1.29 is 29.3 Å². The molecule has 1 amide bonds. The summed E-state index contributed by atoms with van der Waals surface area (Å²) in [6.07, 6.45) is 0.540. The summed E-state index contributed by atoms with van der Waals surface area (Å²) in [7, 11) is 0. The molecule has 0 radical (unpaired) electrons. The molecule has 0 aliphatic rings. The molecule has 8 heteroatoms. The number of carbonyl (C=O) groups is 2. The Labute approximate surface area is 193 Å². The van der Waals surface area contributed by atoms with E-state index in [0.717, 1.165) is 25.1 Å². The highest BCUT2D eigenvalue weighted by Gasteiger charge is 2.25. The zero-order valence-corrected chi connectivity index (χ0v) is 18.4. The number of ketones is 1. The Hall–Kier alpha value is -3.40. The van der Waals surface area contributed by atoms with Crippen LogP contribution in [0.15, 0.2) is 40.8 Å². The zero-order chi connectivity index (χ0) is 24.1. The van der Waals surface area contributed by atoms with Crippen molar-refractivity contribution in [2.45, 2.75) is 38.5 Å². The van der Waals surface area contributed by atoms with Gasteiger partial charge in [0, 0.05) is 17.7 Å². The monoisotopic (exact) mass is 452 g/mol. The highest BCUT2D eigenvalue weighted by molar-refractivity contribution is 5.98. The molecule has 2 aromatic rings. The van der Waals surface area contributed by atoms with Crippen LogP contribution < -0.4 is 10.6 Å². The van der Waals surface area contributed by atoms with Gasteiger partial charge < -0.3 is 30.4 Å². The SMILES string of the molecule is C[C@H](O)[C@H](NC(=O)c1ccc(C#CC#Cc2ccc(CNCCCCO)o2)cc1)C(=O)CO. The van der Waals surface area contributed by atoms with Crippen molar-refractivity contribution in [1.29, 1.82) is 0 Å². The number of amides is 1. The van der Waals surface area contributed by atoms with E-state index in [1.165, 1.54) is 6.92 Å². The predicted molar refractivity (Wildman–Crippen MR) is 122 cm³/mol. The van der Waals surface area contributed by atoms with Crippen LogP contribution in [0.4, 0.5) is 0 Å². The van der Waals surface area contributed by atoms with Crippen molar-refractivity contribution in [2.24, 2.45) is 0 Å². The van der Waals surface area contributed by atoms with Gasteiger partial charge in [-0.25, -0.2) is 0 Å². The number of nitrogens with one attached hydrogen (secondary N) is 2. The molecule has 2 rings (SSSR count). The van der Waals surface area contributed by atoms with Gasteiger partial charge in [-0.3, -0.25) is 9.59 Å². The molecule has 2 atom stereocenters. The lowest BCUT2D eigenvalue weighted by Gasteiger charge is -2.19. The van der Waals surface area contributed by atoms with Gasteiger partial charge in [-0.05, 0) is 80.5 Å². The van der Waals surface area contributed by atoms with Crippen molar-refractivity contribution in [1.82, 2.24) is 10.6 Å². The lowest BCUT2D eigenvalue weighted by atomic mass is 10.1. The standard InChI is InChI=1S/C25H28N2O6/c1-18(30)24(23(31)17-29)27-25(32)20-10-8-19(9-11-20)6-2-3-7-21-12-13-22(33-21)16-26-14-4-5-15-28/h8-13,18,24,26,28-30H,4-5,14-17H2,1H3,(H,27,32)/t18-,24-/m0/s1. The maximum absolute atomic E-state index is 12.3.